The third-order valence-corrected chi connectivity index (χ3v) is 4.42. The van der Waals surface area contributed by atoms with Crippen molar-refractivity contribution in [1.29, 1.82) is 0 Å². The number of halogens is 6. The molecule has 1 aliphatic carbocycles. The fraction of sp³-hybridized carbons (Fsp3) is 0.846. The Labute approximate surface area is 138 Å². The first-order valence-electron chi connectivity index (χ1n) is 7.29. The molecule has 0 aromatic heterocycles. The second-order valence-corrected chi connectivity index (χ2v) is 6.30. The van der Waals surface area contributed by atoms with E-state index >= 15 is 0 Å². The van der Waals surface area contributed by atoms with E-state index in [1.54, 1.807) is 5.32 Å². The monoisotopic (exact) mass is 380 g/mol. The lowest BCUT2D eigenvalue weighted by atomic mass is 9.63. The van der Waals surface area contributed by atoms with Crippen LogP contribution in [0.4, 0.5) is 35.9 Å². The van der Waals surface area contributed by atoms with Gasteiger partial charge in [-0.1, -0.05) is 6.92 Å². The molecule has 1 saturated carbocycles. The molecule has 0 heterocycles. The Kier molecular flexibility index (Phi) is 6.06. The van der Waals surface area contributed by atoms with E-state index < -0.39 is 67.2 Å². The zero-order valence-corrected chi connectivity index (χ0v) is 13.0. The zero-order chi connectivity index (χ0) is 19.6. The van der Waals surface area contributed by atoms with Crippen LogP contribution in [-0.2, 0) is 0 Å². The van der Waals surface area contributed by atoms with E-state index in [0.29, 0.717) is 0 Å². The van der Waals surface area contributed by atoms with Crippen LogP contribution in [0.25, 0.3) is 0 Å². The first kappa shape index (κ1) is 21.2. The van der Waals surface area contributed by atoms with E-state index in [4.69, 9.17) is 10.2 Å². The Morgan fingerprint density at radius 1 is 1.08 bits per heavy atom. The summed E-state index contributed by atoms with van der Waals surface area (Å²) in [6, 6.07) is -1.48. The van der Waals surface area contributed by atoms with Gasteiger partial charge in [0.15, 0.2) is 0 Å². The number of alkyl halides is 6. The lowest BCUT2D eigenvalue weighted by Gasteiger charge is -2.50. The maximum absolute atomic E-state index is 13.0. The van der Waals surface area contributed by atoms with Crippen molar-refractivity contribution in [1.82, 2.24) is 10.6 Å². The molecular formula is C13H18F6N2O4. The molecule has 6 nitrogen and oxygen atoms in total. The van der Waals surface area contributed by atoms with Crippen molar-refractivity contribution in [3.05, 3.63) is 0 Å². The molecule has 25 heavy (non-hydrogen) atoms. The Morgan fingerprint density at radius 3 is 2.04 bits per heavy atom. The number of hydrogen-bond donors (Lipinski definition) is 4. The van der Waals surface area contributed by atoms with Gasteiger partial charge in [0.2, 0.25) is 0 Å². The summed E-state index contributed by atoms with van der Waals surface area (Å²) in [5.74, 6) is -2.63. The standard InChI is InChI=1S/C13H18F6N2O4/c1-6-2-3-11(21-10(24)25,5-13(17,18)19)7(4-12(14,15)16)8(6)20-9(22)23/h6-8,20-21H,2-5H2,1H3,(H,22,23)(H,24,25). The lowest BCUT2D eigenvalue weighted by molar-refractivity contribution is -0.184. The van der Waals surface area contributed by atoms with Crippen LogP contribution in [-0.4, -0.2) is 46.3 Å². The van der Waals surface area contributed by atoms with E-state index in [1.165, 1.54) is 6.92 Å². The van der Waals surface area contributed by atoms with E-state index in [1.807, 2.05) is 5.32 Å². The van der Waals surface area contributed by atoms with E-state index in [0.717, 1.165) is 0 Å². The second kappa shape index (κ2) is 7.16. The topological polar surface area (TPSA) is 98.7 Å². The van der Waals surface area contributed by atoms with Crippen LogP contribution in [0, 0.1) is 11.8 Å². The van der Waals surface area contributed by atoms with Crippen molar-refractivity contribution in [2.45, 2.75) is 56.5 Å². The van der Waals surface area contributed by atoms with Crippen molar-refractivity contribution in [3.63, 3.8) is 0 Å². The zero-order valence-electron chi connectivity index (χ0n) is 13.0. The lowest BCUT2D eigenvalue weighted by Crippen LogP contribution is -2.66. The minimum atomic E-state index is -4.94. The number of amides is 2. The third kappa shape index (κ3) is 6.16. The van der Waals surface area contributed by atoms with Gasteiger partial charge in [0.1, 0.15) is 0 Å². The van der Waals surface area contributed by atoms with Crippen LogP contribution in [0.5, 0.6) is 0 Å². The second-order valence-electron chi connectivity index (χ2n) is 6.30. The van der Waals surface area contributed by atoms with Crippen molar-refractivity contribution in [3.8, 4) is 0 Å². The maximum Gasteiger partial charge on any atom is 0.405 e. The molecule has 0 radical (unpaired) electrons. The first-order valence-corrected chi connectivity index (χ1v) is 7.29. The molecule has 0 saturated heterocycles. The fourth-order valence-corrected chi connectivity index (χ4v) is 3.54. The van der Waals surface area contributed by atoms with Gasteiger partial charge in [-0.25, -0.2) is 9.59 Å². The van der Waals surface area contributed by atoms with Gasteiger partial charge in [-0.2, -0.15) is 26.3 Å². The normalized spacial score (nSPS) is 30.6. The number of hydrogen-bond acceptors (Lipinski definition) is 2. The van der Waals surface area contributed by atoms with Crippen molar-refractivity contribution in [2.75, 3.05) is 0 Å². The highest BCUT2D eigenvalue weighted by molar-refractivity contribution is 5.66. The maximum atomic E-state index is 13.0. The Bertz CT molecular complexity index is 510. The van der Waals surface area contributed by atoms with Gasteiger partial charge in [0.05, 0.1) is 18.4 Å². The van der Waals surface area contributed by atoms with Gasteiger partial charge in [-0.05, 0) is 18.8 Å². The molecule has 4 N–H and O–H groups in total. The predicted molar refractivity (Wildman–Crippen MR) is 72.1 cm³/mol. The van der Waals surface area contributed by atoms with Crippen LogP contribution in [0.15, 0.2) is 0 Å². The van der Waals surface area contributed by atoms with Gasteiger partial charge in [0, 0.05) is 12.0 Å². The minimum Gasteiger partial charge on any atom is -0.465 e. The summed E-state index contributed by atoms with van der Waals surface area (Å²) < 4.78 is 77.8. The summed E-state index contributed by atoms with van der Waals surface area (Å²) in [5, 5.41) is 21.2. The average Bonchev–Trinajstić information content (AvgIpc) is 2.34. The summed E-state index contributed by atoms with van der Waals surface area (Å²) >= 11 is 0. The van der Waals surface area contributed by atoms with E-state index in [2.05, 4.69) is 0 Å². The van der Waals surface area contributed by atoms with Crippen LogP contribution in [0.3, 0.4) is 0 Å². The molecule has 0 bridgehead atoms. The molecule has 0 spiro atoms. The summed E-state index contributed by atoms with van der Waals surface area (Å²) in [7, 11) is 0. The number of rotatable bonds is 4. The molecule has 1 rings (SSSR count). The third-order valence-electron chi connectivity index (χ3n) is 4.42. The SMILES string of the molecule is CC1CCC(CC(F)(F)F)(NC(=O)O)C(CC(F)(F)F)C1NC(=O)O. The van der Waals surface area contributed by atoms with Crippen LogP contribution in [0.2, 0.25) is 0 Å². The smallest absolute Gasteiger partial charge is 0.405 e. The molecule has 0 aromatic carbocycles. The molecule has 4 unspecified atom stereocenters. The summed E-state index contributed by atoms with van der Waals surface area (Å²) in [6.45, 7) is 1.41. The summed E-state index contributed by atoms with van der Waals surface area (Å²) in [4.78, 5) is 21.9. The van der Waals surface area contributed by atoms with Crippen LogP contribution in [0.1, 0.15) is 32.6 Å². The van der Waals surface area contributed by atoms with Gasteiger partial charge in [-0.15, -0.1) is 0 Å². The Balaban J connectivity index is 3.39. The summed E-state index contributed by atoms with van der Waals surface area (Å²) in [6.07, 6.45) is -17.6. The van der Waals surface area contributed by atoms with Crippen LogP contribution < -0.4 is 10.6 Å². The first-order chi connectivity index (χ1) is 11.2. The molecule has 0 aliphatic heterocycles. The average molecular weight is 380 g/mol. The van der Waals surface area contributed by atoms with Gasteiger partial charge < -0.3 is 20.8 Å². The van der Waals surface area contributed by atoms with Gasteiger partial charge >= 0.3 is 24.5 Å². The molecule has 12 heteroatoms. The molecular weight excluding hydrogens is 362 g/mol. The highest BCUT2D eigenvalue weighted by Crippen LogP contribution is 2.47. The molecule has 146 valence electrons. The van der Waals surface area contributed by atoms with Crippen LogP contribution >= 0.6 is 0 Å². The van der Waals surface area contributed by atoms with Crippen molar-refractivity contribution in [2.24, 2.45) is 11.8 Å². The number of carboxylic acid groups (broad SMARTS) is 2. The molecule has 1 fully saturated rings. The molecule has 0 aromatic rings. The summed E-state index contributed by atoms with van der Waals surface area (Å²) in [5.41, 5.74) is -2.47. The number of nitrogens with one attached hydrogen (secondary N) is 2. The van der Waals surface area contributed by atoms with E-state index in [-0.39, 0.29) is 6.42 Å². The van der Waals surface area contributed by atoms with E-state index in [9.17, 15) is 35.9 Å². The number of carbonyl (C=O) groups is 2. The Hall–Kier alpha value is -1.88. The fourth-order valence-electron chi connectivity index (χ4n) is 3.54. The van der Waals surface area contributed by atoms with Crippen molar-refractivity contribution >= 4 is 12.2 Å². The highest BCUT2D eigenvalue weighted by atomic mass is 19.4. The largest absolute Gasteiger partial charge is 0.465 e. The predicted octanol–water partition coefficient (Wildman–Crippen LogP) is 3.58. The molecule has 4 atom stereocenters. The van der Waals surface area contributed by atoms with Gasteiger partial charge in [-0.3, -0.25) is 0 Å². The molecule has 2 amide bonds. The van der Waals surface area contributed by atoms with Gasteiger partial charge in [0.25, 0.3) is 0 Å². The minimum absolute atomic E-state index is 0.0737. The Morgan fingerprint density at radius 2 is 1.64 bits per heavy atom. The molecule has 1 aliphatic rings. The van der Waals surface area contributed by atoms with Crippen molar-refractivity contribution < 1.29 is 46.1 Å². The quantitative estimate of drug-likeness (QED) is 0.561. The highest BCUT2D eigenvalue weighted by Gasteiger charge is 2.57.